The molecule has 0 saturated carbocycles. The number of rotatable bonds is 9. The molecule has 1 unspecified atom stereocenters. The minimum Gasteiger partial charge on any atom is -0.497 e. The highest BCUT2D eigenvalue weighted by molar-refractivity contribution is 6.31. The van der Waals surface area contributed by atoms with Crippen LogP contribution in [0.5, 0.6) is 17.2 Å². The second-order valence-corrected chi connectivity index (χ2v) is 6.15. The Morgan fingerprint density at radius 3 is 2.62 bits per heavy atom. The third kappa shape index (κ3) is 5.85. The van der Waals surface area contributed by atoms with Crippen LogP contribution in [0.15, 0.2) is 42.5 Å². The van der Waals surface area contributed by atoms with Crippen LogP contribution in [0.25, 0.3) is 0 Å². The molecule has 0 saturated heterocycles. The van der Waals surface area contributed by atoms with E-state index < -0.39 is 6.10 Å². The quantitative estimate of drug-likeness (QED) is 0.671. The van der Waals surface area contributed by atoms with Crippen LogP contribution in [0.4, 0.5) is 0 Å². The number of halogens is 1. The molecule has 1 N–H and O–H groups in total. The minimum absolute atomic E-state index is 0.180. The molecular weight excluding hydrogens is 354 g/mol. The number of carbonyl (C=O) groups excluding carboxylic acids is 1. The summed E-state index contributed by atoms with van der Waals surface area (Å²) in [6.45, 7) is 4.55. The lowest BCUT2D eigenvalue weighted by Gasteiger charge is -2.18. The molecule has 2 aromatic carbocycles. The normalized spacial score (nSPS) is 11.5. The first-order valence-corrected chi connectivity index (χ1v) is 8.88. The monoisotopic (exact) mass is 377 g/mol. The van der Waals surface area contributed by atoms with E-state index >= 15 is 0 Å². The highest BCUT2D eigenvalue weighted by Gasteiger charge is 2.18. The average Bonchev–Trinajstić information content (AvgIpc) is 2.66. The summed E-state index contributed by atoms with van der Waals surface area (Å²) < 4.78 is 16.5. The Morgan fingerprint density at radius 2 is 1.92 bits per heavy atom. The molecule has 0 fully saturated rings. The molecule has 0 radical (unpaired) electrons. The fourth-order valence-corrected chi connectivity index (χ4v) is 2.45. The van der Waals surface area contributed by atoms with Gasteiger partial charge in [-0.25, -0.2) is 0 Å². The zero-order valence-electron chi connectivity index (χ0n) is 15.3. The lowest BCUT2D eigenvalue weighted by molar-refractivity contribution is -0.128. The van der Waals surface area contributed by atoms with E-state index in [9.17, 15) is 4.79 Å². The van der Waals surface area contributed by atoms with E-state index in [2.05, 4.69) is 5.32 Å². The smallest absolute Gasteiger partial charge is 0.261 e. The summed E-state index contributed by atoms with van der Waals surface area (Å²) in [5.41, 5.74) is 0.993. The predicted octanol–water partition coefficient (Wildman–Crippen LogP) is 4.01. The third-order valence-electron chi connectivity index (χ3n) is 3.80. The number of hydrogen-bond donors (Lipinski definition) is 1. The summed E-state index contributed by atoms with van der Waals surface area (Å²) in [4.78, 5) is 12.3. The van der Waals surface area contributed by atoms with Crippen molar-refractivity contribution >= 4 is 17.5 Å². The lowest BCUT2D eigenvalue weighted by atomic mass is 10.2. The summed E-state index contributed by atoms with van der Waals surface area (Å²) >= 11 is 6.06. The van der Waals surface area contributed by atoms with Crippen LogP contribution in [0.1, 0.15) is 18.9 Å². The summed E-state index contributed by atoms with van der Waals surface area (Å²) in [5, 5.41) is 3.48. The molecule has 0 aliphatic heterocycles. The van der Waals surface area contributed by atoms with E-state index in [4.69, 9.17) is 25.8 Å². The maximum absolute atomic E-state index is 12.3. The molecule has 0 aliphatic carbocycles. The molecule has 0 heterocycles. The zero-order chi connectivity index (χ0) is 18.9. The van der Waals surface area contributed by atoms with Crippen LogP contribution >= 0.6 is 11.6 Å². The molecule has 1 atom stereocenters. The van der Waals surface area contributed by atoms with Crippen LogP contribution in [-0.2, 0) is 4.79 Å². The topological polar surface area (TPSA) is 56.8 Å². The molecule has 1 amide bonds. The van der Waals surface area contributed by atoms with E-state index in [0.717, 1.165) is 5.56 Å². The maximum Gasteiger partial charge on any atom is 0.261 e. The van der Waals surface area contributed by atoms with Gasteiger partial charge in [-0.1, -0.05) is 30.7 Å². The number of aryl methyl sites for hydroxylation is 1. The molecule has 0 aliphatic rings. The Hall–Kier alpha value is -2.40. The van der Waals surface area contributed by atoms with Gasteiger partial charge >= 0.3 is 0 Å². The fraction of sp³-hybridized carbons (Fsp3) is 0.350. The van der Waals surface area contributed by atoms with Gasteiger partial charge in [0.2, 0.25) is 0 Å². The summed E-state index contributed by atoms with van der Waals surface area (Å²) in [7, 11) is 1.59. The van der Waals surface area contributed by atoms with Crippen molar-refractivity contribution in [1.82, 2.24) is 5.32 Å². The van der Waals surface area contributed by atoms with Gasteiger partial charge in [-0.05, 0) is 43.2 Å². The Balaban J connectivity index is 1.80. The number of nitrogens with one attached hydrogen (secondary N) is 1. The summed E-state index contributed by atoms with van der Waals surface area (Å²) in [6, 6.07) is 12.7. The molecule has 26 heavy (non-hydrogen) atoms. The van der Waals surface area contributed by atoms with Crippen molar-refractivity contribution < 1.29 is 19.0 Å². The second kappa shape index (κ2) is 9.92. The standard InChI is InChI=1S/C20H24ClNO4/c1-4-19(26-17-7-5-6-15(12-17)24-3)20(23)22-10-11-25-16-9-8-14(2)18(21)13-16/h5-9,12-13,19H,4,10-11H2,1-3H3,(H,22,23). The van der Waals surface area contributed by atoms with Gasteiger partial charge in [0.15, 0.2) is 6.10 Å². The highest BCUT2D eigenvalue weighted by atomic mass is 35.5. The van der Waals surface area contributed by atoms with Crippen molar-refractivity contribution in [3.05, 3.63) is 53.1 Å². The fourth-order valence-electron chi connectivity index (χ4n) is 2.28. The Bertz CT molecular complexity index is 736. The Morgan fingerprint density at radius 1 is 1.15 bits per heavy atom. The van der Waals surface area contributed by atoms with E-state index in [0.29, 0.717) is 41.8 Å². The van der Waals surface area contributed by atoms with Gasteiger partial charge in [0.05, 0.1) is 13.7 Å². The van der Waals surface area contributed by atoms with Gasteiger partial charge in [-0.2, -0.15) is 0 Å². The lowest BCUT2D eigenvalue weighted by Crippen LogP contribution is -2.39. The van der Waals surface area contributed by atoms with Gasteiger partial charge < -0.3 is 19.5 Å². The Kier molecular flexibility index (Phi) is 7.60. The number of methoxy groups -OCH3 is 1. The van der Waals surface area contributed by atoms with E-state index in [1.165, 1.54) is 0 Å². The number of hydrogen-bond acceptors (Lipinski definition) is 4. The van der Waals surface area contributed by atoms with Gasteiger partial charge in [0, 0.05) is 11.1 Å². The summed E-state index contributed by atoms with van der Waals surface area (Å²) in [5.74, 6) is 1.77. The van der Waals surface area contributed by atoms with Crippen molar-refractivity contribution in [1.29, 1.82) is 0 Å². The zero-order valence-corrected chi connectivity index (χ0v) is 16.0. The molecule has 5 nitrogen and oxygen atoms in total. The van der Waals surface area contributed by atoms with Crippen molar-refractivity contribution in [3.8, 4) is 17.2 Å². The van der Waals surface area contributed by atoms with Crippen molar-refractivity contribution in [3.63, 3.8) is 0 Å². The van der Waals surface area contributed by atoms with Crippen LogP contribution < -0.4 is 19.5 Å². The molecule has 2 aromatic rings. The predicted molar refractivity (Wildman–Crippen MR) is 102 cm³/mol. The maximum atomic E-state index is 12.3. The van der Waals surface area contributed by atoms with Crippen LogP contribution in [-0.4, -0.2) is 32.3 Å². The molecule has 0 bridgehead atoms. The third-order valence-corrected chi connectivity index (χ3v) is 4.20. The van der Waals surface area contributed by atoms with E-state index in [1.54, 1.807) is 25.3 Å². The number of ether oxygens (including phenoxy) is 3. The second-order valence-electron chi connectivity index (χ2n) is 5.74. The van der Waals surface area contributed by atoms with Gasteiger partial charge in [-0.3, -0.25) is 4.79 Å². The van der Waals surface area contributed by atoms with Crippen LogP contribution in [0.3, 0.4) is 0 Å². The van der Waals surface area contributed by atoms with Crippen LogP contribution in [0, 0.1) is 6.92 Å². The summed E-state index contributed by atoms with van der Waals surface area (Å²) in [6.07, 6.45) is -0.0202. The van der Waals surface area contributed by atoms with Crippen molar-refractivity contribution in [2.45, 2.75) is 26.4 Å². The molecule has 140 valence electrons. The van der Waals surface area contributed by atoms with Crippen LogP contribution in [0.2, 0.25) is 5.02 Å². The highest BCUT2D eigenvalue weighted by Crippen LogP contribution is 2.22. The average molecular weight is 378 g/mol. The van der Waals surface area contributed by atoms with E-state index in [1.807, 2.05) is 38.1 Å². The Labute approximate surface area is 159 Å². The first-order valence-electron chi connectivity index (χ1n) is 8.51. The van der Waals surface area contributed by atoms with Gasteiger partial charge in [0.1, 0.15) is 23.9 Å². The van der Waals surface area contributed by atoms with E-state index in [-0.39, 0.29) is 5.91 Å². The first-order chi connectivity index (χ1) is 12.5. The van der Waals surface area contributed by atoms with Gasteiger partial charge in [0.25, 0.3) is 5.91 Å². The first kappa shape index (κ1) is 19.9. The largest absolute Gasteiger partial charge is 0.497 e. The number of benzene rings is 2. The number of amides is 1. The molecule has 6 heteroatoms. The molecular formula is C20H24ClNO4. The van der Waals surface area contributed by atoms with Crippen molar-refractivity contribution in [2.24, 2.45) is 0 Å². The number of carbonyl (C=O) groups is 1. The molecule has 0 spiro atoms. The molecule has 2 rings (SSSR count). The SMILES string of the molecule is CCC(Oc1cccc(OC)c1)C(=O)NCCOc1ccc(C)c(Cl)c1. The minimum atomic E-state index is -0.573. The molecule has 0 aromatic heterocycles. The van der Waals surface area contributed by atoms with Gasteiger partial charge in [-0.15, -0.1) is 0 Å². The van der Waals surface area contributed by atoms with Crippen molar-refractivity contribution in [2.75, 3.05) is 20.3 Å².